The molecule has 0 aliphatic rings. The van der Waals surface area contributed by atoms with Gasteiger partial charge in [0.25, 0.3) is 0 Å². The fraction of sp³-hybridized carbons (Fsp3) is 0.500. The molecule has 1 atom stereocenters. The first-order chi connectivity index (χ1) is 7.50. The number of hydrogen-bond acceptors (Lipinski definition) is 4. The predicted octanol–water partition coefficient (Wildman–Crippen LogP) is 0.911. The van der Waals surface area contributed by atoms with Crippen molar-refractivity contribution >= 4 is 23.2 Å². The molecule has 0 aliphatic heterocycles. The van der Waals surface area contributed by atoms with Gasteiger partial charge in [-0.3, -0.25) is 4.79 Å². The lowest BCUT2D eigenvalue weighted by molar-refractivity contribution is -0.143. The Bertz CT molecular complexity index is 362. The summed E-state index contributed by atoms with van der Waals surface area (Å²) in [6.45, 7) is 3.50. The van der Waals surface area contributed by atoms with Gasteiger partial charge in [0.2, 0.25) is 5.91 Å². The zero-order valence-corrected chi connectivity index (χ0v) is 9.95. The van der Waals surface area contributed by atoms with E-state index in [0.29, 0.717) is 5.69 Å². The normalized spacial score (nSPS) is 12.4. The fourth-order valence-electron chi connectivity index (χ4n) is 1.23. The summed E-state index contributed by atoms with van der Waals surface area (Å²) in [5.41, 5.74) is 2.30. The van der Waals surface area contributed by atoms with E-state index in [1.165, 1.54) is 11.3 Å². The molecule has 5 nitrogen and oxygen atoms in total. The van der Waals surface area contributed by atoms with Gasteiger partial charge in [-0.15, -0.1) is 11.3 Å². The SMILES string of the molecule is CC(C)[C@H](NC(=O)Cc1cscn1)C(=O)O. The molecule has 0 unspecified atom stereocenters. The number of nitrogens with one attached hydrogen (secondary N) is 1. The average molecular weight is 242 g/mol. The number of carboxylic acids is 1. The molecule has 88 valence electrons. The van der Waals surface area contributed by atoms with Crippen molar-refractivity contribution in [2.75, 3.05) is 0 Å². The van der Waals surface area contributed by atoms with Crippen LogP contribution in [0.25, 0.3) is 0 Å². The topological polar surface area (TPSA) is 79.3 Å². The van der Waals surface area contributed by atoms with Crippen molar-refractivity contribution in [2.45, 2.75) is 26.3 Å². The monoisotopic (exact) mass is 242 g/mol. The van der Waals surface area contributed by atoms with E-state index < -0.39 is 12.0 Å². The minimum absolute atomic E-state index is 0.125. The van der Waals surface area contributed by atoms with Crippen LogP contribution in [0.2, 0.25) is 0 Å². The van der Waals surface area contributed by atoms with Crippen LogP contribution in [0, 0.1) is 5.92 Å². The Hall–Kier alpha value is -1.43. The van der Waals surface area contributed by atoms with Crippen LogP contribution in [0.3, 0.4) is 0 Å². The fourth-order valence-corrected chi connectivity index (χ4v) is 1.79. The predicted molar refractivity (Wildman–Crippen MR) is 60.2 cm³/mol. The Morgan fingerprint density at radius 2 is 2.25 bits per heavy atom. The van der Waals surface area contributed by atoms with Crippen molar-refractivity contribution in [2.24, 2.45) is 5.92 Å². The van der Waals surface area contributed by atoms with Gasteiger partial charge in [0.15, 0.2) is 0 Å². The molecule has 1 aromatic rings. The van der Waals surface area contributed by atoms with Gasteiger partial charge in [0.05, 0.1) is 17.6 Å². The van der Waals surface area contributed by atoms with Crippen LogP contribution in [0.15, 0.2) is 10.9 Å². The summed E-state index contributed by atoms with van der Waals surface area (Å²) in [6, 6.07) is -0.842. The number of rotatable bonds is 5. The summed E-state index contributed by atoms with van der Waals surface area (Å²) in [4.78, 5) is 26.3. The Morgan fingerprint density at radius 3 is 2.69 bits per heavy atom. The van der Waals surface area contributed by atoms with Crippen LogP contribution in [0.5, 0.6) is 0 Å². The quantitative estimate of drug-likeness (QED) is 0.804. The lowest BCUT2D eigenvalue weighted by Crippen LogP contribution is -2.44. The van der Waals surface area contributed by atoms with Crippen molar-refractivity contribution in [1.82, 2.24) is 10.3 Å². The van der Waals surface area contributed by atoms with Gasteiger partial charge in [0, 0.05) is 5.38 Å². The third kappa shape index (κ3) is 3.62. The van der Waals surface area contributed by atoms with E-state index in [1.54, 1.807) is 24.7 Å². The number of carbonyl (C=O) groups is 2. The molecule has 0 saturated carbocycles. The molecule has 0 fully saturated rings. The van der Waals surface area contributed by atoms with Crippen molar-refractivity contribution < 1.29 is 14.7 Å². The molecule has 0 spiro atoms. The maximum Gasteiger partial charge on any atom is 0.326 e. The third-order valence-electron chi connectivity index (χ3n) is 2.07. The van der Waals surface area contributed by atoms with E-state index in [-0.39, 0.29) is 18.2 Å². The van der Waals surface area contributed by atoms with Gasteiger partial charge in [0.1, 0.15) is 6.04 Å². The number of carbonyl (C=O) groups excluding carboxylic acids is 1. The van der Waals surface area contributed by atoms with Crippen LogP contribution in [-0.2, 0) is 16.0 Å². The zero-order chi connectivity index (χ0) is 12.1. The molecule has 1 amide bonds. The first kappa shape index (κ1) is 12.6. The van der Waals surface area contributed by atoms with Crippen LogP contribution < -0.4 is 5.32 Å². The van der Waals surface area contributed by atoms with E-state index >= 15 is 0 Å². The van der Waals surface area contributed by atoms with Crippen molar-refractivity contribution in [3.8, 4) is 0 Å². The molecule has 0 bridgehead atoms. The highest BCUT2D eigenvalue weighted by molar-refractivity contribution is 7.07. The van der Waals surface area contributed by atoms with E-state index in [0.717, 1.165) is 0 Å². The molecule has 1 aromatic heterocycles. The second-order valence-electron chi connectivity index (χ2n) is 3.78. The average Bonchev–Trinajstić information content (AvgIpc) is 2.65. The van der Waals surface area contributed by atoms with Gasteiger partial charge >= 0.3 is 5.97 Å². The highest BCUT2D eigenvalue weighted by Gasteiger charge is 2.23. The molecular formula is C10H14N2O3S. The standard InChI is InChI=1S/C10H14N2O3S/c1-6(2)9(10(14)15)12-8(13)3-7-4-16-5-11-7/h4-6,9H,3H2,1-2H3,(H,12,13)(H,14,15)/t9-/m0/s1. The van der Waals surface area contributed by atoms with Gasteiger partial charge in [-0.2, -0.15) is 0 Å². The number of amides is 1. The molecule has 0 aliphatic carbocycles. The molecule has 1 heterocycles. The Morgan fingerprint density at radius 1 is 1.56 bits per heavy atom. The smallest absolute Gasteiger partial charge is 0.326 e. The second kappa shape index (κ2) is 5.60. The van der Waals surface area contributed by atoms with Crippen LogP contribution in [-0.4, -0.2) is 28.0 Å². The molecule has 0 radical (unpaired) electrons. The largest absolute Gasteiger partial charge is 0.480 e. The van der Waals surface area contributed by atoms with E-state index in [1.807, 2.05) is 0 Å². The van der Waals surface area contributed by atoms with E-state index in [9.17, 15) is 9.59 Å². The number of aliphatic carboxylic acids is 1. The molecule has 1 rings (SSSR count). The van der Waals surface area contributed by atoms with E-state index in [4.69, 9.17) is 5.11 Å². The highest BCUT2D eigenvalue weighted by Crippen LogP contribution is 2.04. The second-order valence-corrected chi connectivity index (χ2v) is 4.50. The minimum atomic E-state index is -1.01. The van der Waals surface area contributed by atoms with Crippen molar-refractivity contribution in [1.29, 1.82) is 0 Å². The molecule has 16 heavy (non-hydrogen) atoms. The number of thiazole rings is 1. The third-order valence-corrected chi connectivity index (χ3v) is 2.71. The van der Waals surface area contributed by atoms with Crippen LogP contribution in [0.1, 0.15) is 19.5 Å². The Kier molecular flexibility index (Phi) is 4.42. The molecule has 6 heteroatoms. The van der Waals surface area contributed by atoms with E-state index in [2.05, 4.69) is 10.3 Å². The van der Waals surface area contributed by atoms with Crippen LogP contribution in [0.4, 0.5) is 0 Å². The first-order valence-electron chi connectivity index (χ1n) is 4.90. The molecule has 0 saturated heterocycles. The summed E-state index contributed by atoms with van der Waals surface area (Å²) in [6.07, 6.45) is 0.125. The number of carboxylic acid groups (broad SMARTS) is 1. The zero-order valence-electron chi connectivity index (χ0n) is 9.14. The van der Waals surface area contributed by atoms with Gasteiger partial charge in [-0.1, -0.05) is 13.8 Å². The minimum Gasteiger partial charge on any atom is -0.480 e. The Balaban J connectivity index is 2.52. The van der Waals surface area contributed by atoms with Gasteiger partial charge < -0.3 is 10.4 Å². The van der Waals surface area contributed by atoms with Crippen molar-refractivity contribution in [3.05, 3.63) is 16.6 Å². The van der Waals surface area contributed by atoms with Crippen molar-refractivity contribution in [3.63, 3.8) is 0 Å². The van der Waals surface area contributed by atoms with Crippen LogP contribution >= 0.6 is 11.3 Å². The molecular weight excluding hydrogens is 228 g/mol. The number of aromatic nitrogens is 1. The van der Waals surface area contributed by atoms with Gasteiger partial charge in [-0.05, 0) is 5.92 Å². The lowest BCUT2D eigenvalue weighted by atomic mass is 10.0. The van der Waals surface area contributed by atoms with Gasteiger partial charge in [-0.25, -0.2) is 9.78 Å². The highest BCUT2D eigenvalue weighted by atomic mass is 32.1. The summed E-state index contributed by atoms with van der Waals surface area (Å²) in [5.74, 6) is -1.47. The lowest BCUT2D eigenvalue weighted by Gasteiger charge is -2.17. The molecule has 0 aromatic carbocycles. The summed E-state index contributed by atoms with van der Waals surface area (Å²) in [7, 11) is 0. The summed E-state index contributed by atoms with van der Waals surface area (Å²) < 4.78 is 0. The number of hydrogen-bond donors (Lipinski definition) is 2. The Labute approximate surface area is 97.5 Å². The maximum absolute atomic E-state index is 11.5. The molecule has 2 N–H and O–H groups in total. The maximum atomic E-state index is 11.5. The summed E-state index contributed by atoms with van der Waals surface area (Å²) in [5, 5.41) is 13.1. The first-order valence-corrected chi connectivity index (χ1v) is 5.84. The summed E-state index contributed by atoms with van der Waals surface area (Å²) >= 11 is 1.41. The number of nitrogens with zero attached hydrogens (tertiary/aromatic N) is 1.